The Labute approximate surface area is 164 Å². The number of rotatable bonds is 6. The second-order valence-corrected chi connectivity index (χ2v) is 6.31. The summed E-state index contributed by atoms with van der Waals surface area (Å²) >= 11 is 5.18. The van der Waals surface area contributed by atoms with Crippen LogP contribution in [0.15, 0.2) is 48.5 Å². The molecule has 2 rings (SSSR count). The Balaban J connectivity index is 1.82. The lowest BCUT2D eigenvalue weighted by Crippen LogP contribution is -2.43. The number of thiocarbonyl (C=S) groups is 1. The molecule has 6 nitrogen and oxygen atoms in total. The SMILES string of the molecule is CCCCc1ccc(NC(=S)NNC(=O)c2ccc(C(=O)OC)cc2)cc1. The lowest BCUT2D eigenvalue weighted by Gasteiger charge is -2.12. The maximum absolute atomic E-state index is 12.1. The van der Waals surface area contributed by atoms with Gasteiger partial charge in [0, 0.05) is 11.3 Å². The van der Waals surface area contributed by atoms with Crippen molar-refractivity contribution < 1.29 is 14.3 Å². The van der Waals surface area contributed by atoms with Crippen LogP contribution in [0.2, 0.25) is 0 Å². The zero-order chi connectivity index (χ0) is 19.6. The van der Waals surface area contributed by atoms with Crippen molar-refractivity contribution in [2.24, 2.45) is 0 Å². The van der Waals surface area contributed by atoms with Gasteiger partial charge in [0.25, 0.3) is 5.91 Å². The van der Waals surface area contributed by atoms with Gasteiger partial charge in [-0.05, 0) is 67.0 Å². The highest BCUT2D eigenvalue weighted by Crippen LogP contribution is 2.11. The quantitative estimate of drug-likeness (QED) is 0.402. The summed E-state index contributed by atoms with van der Waals surface area (Å²) in [7, 11) is 1.31. The maximum atomic E-state index is 12.1. The van der Waals surface area contributed by atoms with Gasteiger partial charge in [0.15, 0.2) is 5.11 Å². The number of carbonyl (C=O) groups is 2. The second kappa shape index (κ2) is 10.3. The van der Waals surface area contributed by atoms with Gasteiger partial charge in [-0.2, -0.15) is 0 Å². The third-order valence-electron chi connectivity index (χ3n) is 3.89. The van der Waals surface area contributed by atoms with Crippen LogP contribution >= 0.6 is 12.2 Å². The molecule has 0 aliphatic carbocycles. The van der Waals surface area contributed by atoms with Crippen molar-refractivity contribution in [3.8, 4) is 0 Å². The van der Waals surface area contributed by atoms with Gasteiger partial charge >= 0.3 is 5.97 Å². The second-order valence-electron chi connectivity index (χ2n) is 5.90. The molecule has 7 heteroatoms. The van der Waals surface area contributed by atoms with E-state index in [0.717, 1.165) is 12.1 Å². The zero-order valence-electron chi connectivity index (χ0n) is 15.4. The molecule has 0 radical (unpaired) electrons. The zero-order valence-corrected chi connectivity index (χ0v) is 16.2. The molecule has 2 aromatic carbocycles. The Bertz CT molecular complexity index is 789. The number of aryl methyl sites for hydroxylation is 1. The molecule has 27 heavy (non-hydrogen) atoms. The largest absolute Gasteiger partial charge is 0.465 e. The summed E-state index contributed by atoms with van der Waals surface area (Å²) in [5.74, 6) is -0.823. The van der Waals surface area contributed by atoms with Crippen molar-refractivity contribution in [1.82, 2.24) is 10.9 Å². The first-order valence-corrected chi connectivity index (χ1v) is 9.09. The average molecular weight is 385 g/mol. The lowest BCUT2D eigenvalue weighted by molar-refractivity contribution is 0.0600. The van der Waals surface area contributed by atoms with E-state index in [-0.39, 0.29) is 11.0 Å². The van der Waals surface area contributed by atoms with E-state index in [9.17, 15) is 9.59 Å². The molecule has 0 saturated heterocycles. The minimum atomic E-state index is -0.453. The van der Waals surface area contributed by atoms with Crippen molar-refractivity contribution in [3.63, 3.8) is 0 Å². The first-order chi connectivity index (χ1) is 13.0. The molecule has 142 valence electrons. The predicted molar refractivity (Wildman–Crippen MR) is 110 cm³/mol. The van der Waals surface area contributed by atoms with Crippen molar-refractivity contribution in [3.05, 3.63) is 65.2 Å². The Morgan fingerprint density at radius 2 is 1.59 bits per heavy atom. The fourth-order valence-corrected chi connectivity index (χ4v) is 2.53. The van der Waals surface area contributed by atoms with Gasteiger partial charge in [0.05, 0.1) is 12.7 Å². The minimum absolute atomic E-state index is 0.274. The molecule has 1 amide bonds. The number of esters is 1. The van der Waals surface area contributed by atoms with E-state index in [0.29, 0.717) is 11.1 Å². The van der Waals surface area contributed by atoms with Crippen molar-refractivity contribution >= 4 is 34.9 Å². The molecular weight excluding hydrogens is 362 g/mol. The fraction of sp³-hybridized carbons (Fsp3) is 0.250. The van der Waals surface area contributed by atoms with Crippen molar-refractivity contribution in [1.29, 1.82) is 0 Å². The monoisotopic (exact) mass is 385 g/mol. The van der Waals surface area contributed by atoms with E-state index in [1.807, 2.05) is 12.1 Å². The van der Waals surface area contributed by atoms with Gasteiger partial charge in [-0.1, -0.05) is 25.5 Å². The molecule has 0 unspecified atom stereocenters. The molecular formula is C20H23N3O3S. The first kappa shape index (κ1) is 20.4. The highest BCUT2D eigenvalue weighted by molar-refractivity contribution is 7.80. The van der Waals surface area contributed by atoms with Crippen LogP contribution in [0, 0.1) is 0 Å². The Morgan fingerprint density at radius 1 is 0.963 bits per heavy atom. The fourth-order valence-electron chi connectivity index (χ4n) is 2.36. The molecule has 0 aromatic heterocycles. The van der Waals surface area contributed by atoms with E-state index >= 15 is 0 Å². The van der Waals surface area contributed by atoms with Crippen LogP contribution in [0.5, 0.6) is 0 Å². The summed E-state index contributed by atoms with van der Waals surface area (Å²) in [4.78, 5) is 23.5. The number of methoxy groups -OCH3 is 1. The standard InChI is InChI=1S/C20H23N3O3S/c1-3-4-5-14-6-12-17(13-7-14)21-20(27)23-22-18(24)15-8-10-16(11-9-15)19(25)26-2/h6-13H,3-5H2,1-2H3,(H,22,24)(H2,21,23,27). The first-order valence-electron chi connectivity index (χ1n) is 8.68. The minimum Gasteiger partial charge on any atom is -0.465 e. The third-order valence-corrected chi connectivity index (χ3v) is 4.09. The lowest BCUT2D eigenvalue weighted by atomic mass is 10.1. The molecule has 0 fully saturated rings. The maximum Gasteiger partial charge on any atom is 0.337 e. The topological polar surface area (TPSA) is 79.5 Å². The predicted octanol–water partition coefficient (Wildman–Crippen LogP) is 3.45. The van der Waals surface area contributed by atoms with Crippen LogP contribution in [-0.2, 0) is 11.2 Å². The van der Waals surface area contributed by atoms with E-state index in [1.165, 1.54) is 49.8 Å². The van der Waals surface area contributed by atoms with Gasteiger partial charge in [-0.15, -0.1) is 0 Å². The van der Waals surface area contributed by atoms with Gasteiger partial charge in [-0.25, -0.2) is 4.79 Å². The summed E-state index contributed by atoms with van der Waals surface area (Å²) in [5, 5.41) is 3.28. The molecule has 0 aliphatic heterocycles. The number of carbonyl (C=O) groups excluding carboxylic acids is 2. The van der Waals surface area contributed by atoms with E-state index in [4.69, 9.17) is 12.2 Å². The number of unbranched alkanes of at least 4 members (excludes halogenated alkanes) is 1. The number of benzene rings is 2. The number of hydrazine groups is 1. The Kier molecular flexibility index (Phi) is 7.76. The normalized spacial score (nSPS) is 10.0. The molecule has 0 heterocycles. The van der Waals surface area contributed by atoms with Crippen LogP contribution in [-0.4, -0.2) is 24.1 Å². The Hall–Kier alpha value is -2.93. The van der Waals surface area contributed by atoms with Crippen molar-refractivity contribution in [2.45, 2.75) is 26.2 Å². The molecule has 0 atom stereocenters. The van der Waals surface area contributed by atoms with Crippen LogP contribution in [0.4, 0.5) is 5.69 Å². The summed E-state index contributed by atoms with van der Waals surface area (Å²) in [6.07, 6.45) is 3.39. The van der Waals surface area contributed by atoms with Crippen LogP contribution in [0.3, 0.4) is 0 Å². The summed E-state index contributed by atoms with van der Waals surface area (Å²) < 4.78 is 4.62. The van der Waals surface area contributed by atoms with Crippen LogP contribution in [0.1, 0.15) is 46.0 Å². The van der Waals surface area contributed by atoms with Gasteiger partial charge < -0.3 is 10.1 Å². The Morgan fingerprint density at radius 3 is 2.19 bits per heavy atom. The summed E-state index contributed by atoms with van der Waals surface area (Å²) in [6, 6.07) is 14.1. The van der Waals surface area contributed by atoms with Gasteiger partial charge in [0.1, 0.15) is 0 Å². The summed E-state index contributed by atoms with van der Waals surface area (Å²) in [6.45, 7) is 2.17. The third kappa shape index (κ3) is 6.38. The number of hydrogen-bond donors (Lipinski definition) is 3. The van der Waals surface area contributed by atoms with Gasteiger partial charge in [0.2, 0.25) is 0 Å². The van der Waals surface area contributed by atoms with E-state index < -0.39 is 5.97 Å². The molecule has 0 bridgehead atoms. The molecule has 0 saturated carbocycles. The van der Waals surface area contributed by atoms with E-state index in [1.54, 1.807) is 0 Å². The van der Waals surface area contributed by atoms with Crippen LogP contribution in [0.25, 0.3) is 0 Å². The van der Waals surface area contributed by atoms with Gasteiger partial charge in [-0.3, -0.25) is 15.6 Å². The molecule has 0 aliphatic rings. The van der Waals surface area contributed by atoms with Crippen LogP contribution < -0.4 is 16.2 Å². The van der Waals surface area contributed by atoms with Crippen molar-refractivity contribution in [2.75, 3.05) is 12.4 Å². The molecule has 0 spiro atoms. The molecule has 2 aromatic rings. The average Bonchev–Trinajstić information content (AvgIpc) is 2.71. The highest BCUT2D eigenvalue weighted by atomic mass is 32.1. The number of hydrogen-bond acceptors (Lipinski definition) is 4. The number of ether oxygens (including phenoxy) is 1. The molecule has 3 N–H and O–H groups in total. The smallest absolute Gasteiger partial charge is 0.337 e. The highest BCUT2D eigenvalue weighted by Gasteiger charge is 2.09. The number of nitrogens with one attached hydrogen (secondary N) is 3. The number of amides is 1. The summed E-state index contributed by atoms with van der Waals surface area (Å²) in [5.41, 5.74) is 8.05. The van der Waals surface area contributed by atoms with E-state index in [2.05, 4.69) is 40.0 Å². The number of anilines is 1.